The number of nitrogens with one attached hydrogen (secondary N) is 1. The van der Waals surface area contributed by atoms with E-state index in [-0.39, 0.29) is 18.1 Å². The zero-order valence-electron chi connectivity index (χ0n) is 20.0. The highest BCUT2D eigenvalue weighted by Crippen LogP contribution is 2.31. The van der Waals surface area contributed by atoms with Gasteiger partial charge >= 0.3 is 5.63 Å². The molecule has 0 aliphatic carbocycles. The van der Waals surface area contributed by atoms with Crippen LogP contribution >= 0.6 is 0 Å². The fourth-order valence-electron chi connectivity index (χ4n) is 4.62. The van der Waals surface area contributed by atoms with E-state index in [9.17, 15) is 14.0 Å². The Bertz CT molecular complexity index is 1470. The fraction of sp³-hybridized carbons (Fsp3) is 0.241. The van der Waals surface area contributed by atoms with Gasteiger partial charge in [-0.15, -0.1) is 0 Å². The van der Waals surface area contributed by atoms with Crippen LogP contribution in [-0.2, 0) is 17.8 Å². The van der Waals surface area contributed by atoms with Gasteiger partial charge in [0.05, 0.1) is 6.42 Å². The normalized spacial score (nSPS) is 15.7. The molecule has 184 valence electrons. The van der Waals surface area contributed by atoms with Gasteiger partial charge in [0.25, 0.3) is 0 Å². The summed E-state index contributed by atoms with van der Waals surface area (Å²) in [4.78, 5) is 26.9. The molecule has 1 amide bonds. The second-order valence-electron chi connectivity index (χ2n) is 9.09. The van der Waals surface area contributed by atoms with E-state index in [1.807, 2.05) is 43.3 Å². The van der Waals surface area contributed by atoms with Gasteiger partial charge in [-0.1, -0.05) is 48.5 Å². The summed E-state index contributed by atoms with van der Waals surface area (Å²) in [6, 6.07) is 21.4. The lowest BCUT2D eigenvalue weighted by atomic mass is 10.1. The van der Waals surface area contributed by atoms with E-state index in [1.54, 1.807) is 24.3 Å². The zero-order valence-corrected chi connectivity index (χ0v) is 20.0. The van der Waals surface area contributed by atoms with Crippen molar-refractivity contribution in [2.45, 2.75) is 26.0 Å². The third kappa shape index (κ3) is 5.31. The number of benzene rings is 3. The minimum atomic E-state index is -0.474. The predicted molar refractivity (Wildman–Crippen MR) is 135 cm³/mol. The van der Waals surface area contributed by atoms with Gasteiger partial charge in [0.15, 0.2) is 0 Å². The Labute approximate surface area is 208 Å². The first-order valence-corrected chi connectivity index (χ1v) is 12.0. The van der Waals surface area contributed by atoms with Gasteiger partial charge in [-0.3, -0.25) is 9.69 Å². The van der Waals surface area contributed by atoms with E-state index in [4.69, 9.17) is 9.15 Å². The lowest BCUT2D eigenvalue weighted by molar-refractivity contribution is -0.120. The monoisotopic (exact) mass is 486 g/mol. The highest BCUT2D eigenvalue weighted by atomic mass is 19.1. The highest BCUT2D eigenvalue weighted by Gasteiger charge is 2.26. The van der Waals surface area contributed by atoms with Crippen LogP contribution in [0.15, 0.2) is 82.0 Å². The van der Waals surface area contributed by atoms with Crippen molar-refractivity contribution in [2.75, 3.05) is 19.6 Å². The lowest BCUT2D eigenvalue weighted by Crippen LogP contribution is -2.37. The highest BCUT2D eigenvalue weighted by molar-refractivity contribution is 5.87. The number of carbonyl (C=O) groups excluding carboxylic acids is 1. The molecule has 1 atom stereocenters. The van der Waals surface area contributed by atoms with Gasteiger partial charge in [0.1, 0.15) is 23.3 Å². The Morgan fingerprint density at radius 2 is 1.89 bits per heavy atom. The van der Waals surface area contributed by atoms with Crippen LogP contribution < -0.4 is 15.7 Å². The molecule has 5 rings (SSSR count). The predicted octanol–water partition coefficient (Wildman–Crippen LogP) is 4.54. The molecule has 6 nitrogen and oxygen atoms in total. The van der Waals surface area contributed by atoms with Gasteiger partial charge in [0, 0.05) is 48.8 Å². The van der Waals surface area contributed by atoms with Crippen LogP contribution in [0.2, 0.25) is 0 Å². The van der Waals surface area contributed by atoms with Crippen molar-refractivity contribution in [2.24, 2.45) is 0 Å². The van der Waals surface area contributed by atoms with Gasteiger partial charge in [0.2, 0.25) is 5.91 Å². The molecule has 4 aromatic rings. The molecular formula is C29H27FN2O4. The Morgan fingerprint density at radius 1 is 1.08 bits per heavy atom. The van der Waals surface area contributed by atoms with Crippen LogP contribution in [0.25, 0.3) is 11.0 Å². The Kier molecular flexibility index (Phi) is 6.82. The van der Waals surface area contributed by atoms with Gasteiger partial charge in [-0.2, -0.15) is 0 Å². The summed E-state index contributed by atoms with van der Waals surface area (Å²) in [5.41, 5.74) is 3.14. The van der Waals surface area contributed by atoms with E-state index in [0.717, 1.165) is 22.3 Å². The topological polar surface area (TPSA) is 71.8 Å². The molecule has 0 bridgehead atoms. The second-order valence-corrected chi connectivity index (χ2v) is 9.09. The molecule has 1 aliphatic heterocycles. The van der Waals surface area contributed by atoms with Crippen molar-refractivity contribution in [1.82, 2.24) is 10.2 Å². The Morgan fingerprint density at radius 3 is 2.75 bits per heavy atom. The number of aryl methyl sites for hydroxylation is 1. The van der Waals surface area contributed by atoms with E-state index in [2.05, 4.69) is 10.2 Å². The average Bonchev–Trinajstić information content (AvgIpc) is 3.03. The van der Waals surface area contributed by atoms with Crippen LogP contribution in [0, 0.1) is 12.7 Å². The summed E-state index contributed by atoms with van der Waals surface area (Å²) in [5.74, 6) is 0.256. The summed E-state index contributed by atoms with van der Waals surface area (Å²) in [7, 11) is 0. The molecule has 0 spiro atoms. The van der Waals surface area contributed by atoms with E-state index >= 15 is 0 Å². The summed E-state index contributed by atoms with van der Waals surface area (Å²) in [6.45, 7) is 3.99. The summed E-state index contributed by atoms with van der Waals surface area (Å²) in [5, 5.41) is 3.71. The third-order valence-corrected chi connectivity index (χ3v) is 6.40. The van der Waals surface area contributed by atoms with Crippen molar-refractivity contribution < 1.29 is 18.3 Å². The van der Waals surface area contributed by atoms with Crippen molar-refractivity contribution in [3.8, 4) is 5.75 Å². The van der Waals surface area contributed by atoms with Gasteiger partial charge in [-0.05, 0) is 36.2 Å². The number of hydrogen-bond acceptors (Lipinski definition) is 5. The molecule has 3 aromatic carbocycles. The molecule has 1 aromatic heterocycles. The quantitative estimate of drug-likeness (QED) is 0.406. The SMILES string of the molecule is Cc1ccc2c(CC(=O)NCCN3Cc4ccccc4O[C@@H](c4ccccc4F)C3)cc(=O)oc2c1. The number of fused-ring (bicyclic) bond motifs is 2. The van der Waals surface area contributed by atoms with Crippen molar-refractivity contribution in [1.29, 1.82) is 0 Å². The number of para-hydroxylation sites is 1. The molecule has 7 heteroatoms. The maximum absolute atomic E-state index is 14.6. The molecule has 0 radical (unpaired) electrons. The molecule has 0 saturated carbocycles. The third-order valence-electron chi connectivity index (χ3n) is 6.40. The first kappa shape index (κ1) is 23.8. The first-order valence-electron chi connectivity index (χ1n) is 12.0. The summed E-state index contributed by atoms with van der Waals surface area (Å²) >= 11 is 0. The van der Waals surface area contributed by atoms with E-state index in [0.29, 0.717) is 42.9 Å². The Balaban J connectivity index is 1.26. The lowest BCUT2D eigenvalue weighted by Gasteiger charge is -2.24. The van der Waals surface area contributed by atoms with Crippen LogP contribution in [0.1, 0.15) is 28.4 Å². The van der Waals surface area contributed by atoms with Gasteiger partial charge < -0.3 is 14.5 Å². The van der Waals surface area contributed by atoms with Crippen molar-refractivity contribution in [3.05, 3.63) is 111 Å². The molecule has 1 N–H and O–H groups in total. The second kappa shape index (κ2) is 10.3. The smallest absolute Gasteiger partial charge is 0.336 e. The molecule has 0 saturated heterocycles. The number of amides is 1. The molecular weight excluding hydrogens is 459 g/mol. The largest absolute Gasteiger partial charge is 0.484 e. The molecule has 2 heterocycles. The average molecular weight is 487 g/mol. The first-order chi connectivity index (χ1) is 17.5. The van der Waals surface area contributed by atoms with Crippen molar-refractivity contribution in [3.63, 3.8) is 0 Å². The minimum Gasteiger partial charge on any atom is -0.484 e. The number of halogens is 1. The molecule has 0 fully saturated rings. The minimum absolute atomic E-state index is 0.0783. The standard InChI is InChI=1S/C29H27FN2O4/c1-19-10-11-22-21(16-29(34)36-26(22)14-19)15-28(33)31-12-13-32-17-20-6-2-5-9-25(20)35-27(18-32)23-7-3-4-8-24(23)30/h2-11,14,16,27H,12-13,15,17-18H2,1H3,(H,31,33)/t27-/m1/s1. The van der Waals surface area contributed by atoms with Crippen LogP contribution in [0.4, 0.5) is 4.39 Å². The number of nitrogens with zero attached hydrogens (tertiary/aromatic N) is 1. The van der Waals surface area contributed by atoms with Crippen LogP contribution in [0.5, 0.6) is 5.75 Å². The number of ether oxygens (including phenoxy) is 1. The summed E-state index contributed by atoms with van der Waals surface area (Å²) < 4.78 is 26.1. The van der Waals surface area contributed by atoms with Crippen molar-refractivity contribution >= 4 is 16.9 Å². The number of carbonyl (C=O) groups is 1. The number of hydrogen-bond donors (Lipinski definition) is 1. The van der Waals surface area contributed by atoms with Gasteiger partial charge in [-0.25, -0.2) is 9.18 Å². The zero-order chi connectivity index (χ0) is 25.1. The fourth-order valence-corrected chi connectivity index (χ4v) is 4.62. The van der Waals surface area contributed by atoms with Crippen LogP contribution in [0.3, 0.4) is 0 Å². The van der Waals surface area contributed by atoms with E-state index in [1.165, 1.54) is 12.1 Å². The molecule has 0 unspecified atom stereocenters. The maximum Gasteiger partial charge on any atom is 0.336 e. The maximum atomic E-state index is 14.6. The number of rotatable bonds is 6. The van der Waals surface area contributed by atoms with Crippen LogP contribution in [-0.4, -0.2) is 30.4 Å². The molecule has 1 aliphatic rings. The summed E-state index contributed by atoms with van der Waals surface area (Å²) in [6.07, 6.45) is -0.390. The Hall–Kier alpha value is -3.97. The van der Waals surface area contributed by atoms with E-state index < -0.39 is 11.7 Å². The molecule has 36 heavy (non-hydrogen) atoms.